The van der Waals surface area contributed by atoms with Crippen molar-refractivity contribution in [3.8, 4) is 0 Å². The number of guanidine groups is 1. The highest BCUT2D eigenvalue weighted by atomic mass is 15.3. The van der Waals surface area contributed by atoms with Crippen molar-refractivity contribution in [1.82, 2.24) is 30.4 Å². The summed E-state index contributed by atoms with van der Waals surface area (Å²) in [5.74, 6) is 1.59. The summed E-state index contributed by atoms with van der Waals surface area (Å²) in [5, 5.41) is 15.4. The van der Waals surface area contributed by atoms with Crippen LogP contribution in [0, 0.1) is 0 Å². The van der Waals surface area contributed by atoms with Gasteiger partial charge in [0, 0.05) is 38.9 Å². The first-order valence-electron chi connectivity index (χ1n) is 11.4. The van der Waals surface area contributed by atoms with E-state index in [1.165, 1.54) is 24.1 Å². The van der Waals surface area contributed by atoms with Gasteiger partial charge in [-0.3, -0.25) is 9.67 Å². The predicted octanol–water partition coefficient (Wildman–Crippen LogP) is 2.69. The molecule has 0 aliphatic carbocycles. The van der Waals surface area contributed by atoms with Crippen LogP contribution in [0.1, 0.15) is 38.3 Å². The van der Waals surface area contributed by atoms with Gasteiger partial charge in [0.05, 0.1) is 24.2 Å². The zero-order valence-corrected chi connectivity index (χ0v) is 19.2. The lowest BCUT2D eigenvalue weighted by atomic mass is 10.1. The van der Waals surface area contributed by atoms with E-state index in [0.717, 1.165) is 42.4 Å². The van der Waals surface area contributed by atoms with Crippen molar-refractivity contribution >= 4 is 28.5 Å². The SMILES string of the molecule is CCNC(=NCCNc1ncnc2c1cnn2C)NC(C)c1cccc(N2CCCC2)c1. The molecule has 170 valence electrons. The third-order valence-corrected chi connectivity index (χ3v) is 5.74. The molecule has 1 aliphatic rings. The van der Waals surface area contributed by atoms with E-state index in [-0.39, 0.29) is 6.04 Å². The first-order valence-corrected chi connectivity index (χ1v) is 11.4. The molecule has 9 heteroatoms. The Hall–Kier alpha value is -3.36. The van der Waals surface area contributed by atoms with Gasteiger partial charge < -0.3 is 20.9 Å². The van der Waals surface area contributed by atoms with Crippen LogP contribution in [0.15, 0.2) is 41.8 Å². The number of rotatable bonds is 8. The second-order valence-corrected chi connectivity index (χ2v) is 8.07. The molecule has 2 aromatic heterocycles. The van der Waals surface area contributed by atoms with E-state index in [1.807, 2.05) is 7.05 Å². The van der Waals surface area contributed by atoms with Gasteiger partial charge in [0.15, 0.2) is 11.6 Å². The molecule has 1 saturated heterocycles. The van der Waals surface area contributed by atoms with Gasteiger partial charge in [0.1, 0.15) is 12.1 Å². The van der Waals surface area contributed by atoms with E-state index in [4.69, 9.17) is 4.99 Å². The molecule has 1 atom stereocenters. The summed E-state index contributed by atoms with van der Waals surface area (Å²) in [6.45, 7) is 8.64. The molecule has 4 rings (SSSR count). The van der Waals surface area contributed by atoms with E-state index in [2.05, 4.69) is 74.0 Å². The number of hydrogen-bond donors (Lipinski definition) is 3. The van der Waals surface area contributed by atoms with Crippen molar-refractivity contribution in [3.63, 3.8) is 0 Å². The lowest BCUT2D eigenvalue weighted by Crippen LogP contribution is -2.39. The number of fused-ring (bicyclic) bond motifs is 1. The number of anilines is 2. The van der Waals surface area contributed by atoms with Gasteiger partial charge in [0.25, 0.3) is 0 Å². The Morgan fingerprint density at radius 1 is 1.22 bits per heavy atom. The van der Waals surface area contributed by atoms with Gasteiger partial charge in [0.2, 0.25) is 0 Å². The average molecular weight is 436 g/mol. The van der Waals surface area contributed by atoms with Crippen LogP contribution in [0.2, 0.25) is 0 Å². The van der Waals surface area contributed by atoms with Crippen LogP contribution in [-0.4, -0.2) is 58.4 Å². The Morgan fingerprint density at radius 3 is 2.88 bits per heavy atom. The minimum absolute atomic E-state index is 0.153. The highest BCUT2D eigenvalue weighted by Gasteiger charge is 2.14. The highest BCUT2D eigenvalue weighted by molar-refractivity contribution is 5.86. The summed E-state index contributed by atoms with van der Waals surface area (Å²) in [6.07, 6.45) is 5.90. The Labute approximate surface area is 189 Å². The van der Waals surface area contributed by atoms with Crippen molar-refractivity contribution < 1.29 is 0 Å². The number of aryl methyl sites for hydroxylation is 1. The van der Waals surface area contributed by atoms with Gasteiger partial charge in [-0.1, -0.05) is 12.1 Å². The van der Waals surface area contributed by atoms with Crippen LogP contribution in [-0.2, 0) is 7.05 Å². The van der Waals surface area contributed by atoms with Crippen LogP contribution in [0.25, 0.3) is 11.0 Å². The van der Waals surface area contributed by atoms with E-state index < -0.39 is 0 Å². The van der Waals surface area contributed by atoms with Crippen molar-refractivity contribution in [3.05, 3.63) is 42.4 Å². The minimum atomic E-state index is 0.153. The molecule has 1 aliphatic heterocycles. The molecule has 0 radical (unpaired) electrons. The fraction of sp³-hybridized carbons (Fsp3) is 0.478. The molecule has 3 heterocycles. The molecule has 9 nitrogen and oxygen atoms in total. The molecule has 0 saturated carbocycles. The second kappa shape index (κ2) is 10.3. The predicted molar refractivity (Wildman–Crippen MR) is 130 cm³/mol. The molecule has 1 fully saturated rings. The topological polar surface area (TPSA) is 95.3 Å². The van der Waals surface area contributed by atoms with Crippen LogP contribution in [0.4, 0.5) is 11.5 Å². The quantitative estimate of drug-likeness (QED) is 0.284. The zero-order valence-electron chi connectivity index (χ0n) is 19.2. The normalized spacial score (nSPS) is 15.2. The summed E-state index contributed by atoms with van der Waals surface area (Å²) >= 11 is 0. The number of aliphatic imine (C=N–C) groups is 1. The monoisotopic (exact) mass is 435 g/mol. The maximum absolute atomic E-state index is 4.74. The number of aromatic nitrogens is 4. The third-order valence-electron chi connectivity index (χ3n) is 5.74. The van der Waals surface area contributed by atoms with E-state index in [1.54, 1.807) is 17.2 Å². The number of hydrogen-bond acceptors (Lipinski definition) is 6. The third kappa shape index (κ3) is 5.09. The fourth-order valence-electron chi connectivity index (χ4n) is 4.02. The summed E-state index contributed by atoms with van der Waals surface area (Å²) < 4.78 is 1.74. The fourth-order valence-corrected chi connectivity index (χ4v) is 4.02. The van der Waals surface area contributed by atoms with E-state index >= 15 is 0 Å². The highest BCUT2D eigenvalue weighted by Crippen LogP contribution is 2.24. The molecule has 3 N–H and O–H groups in total. The summed E-state index contributed by atoms with van der Waals surface area (Å²) in [7, 11) is 1.87. The minimum Gasteiger partial charge on any atom is -0.372 e. The Bertz CT molecular complexity index is 1050. The molecule has 1 unspecified atom stereocenters. The lowest BCUT2D eigenvalue weighted by molar-refractivity contribution is 0.686. The van der Waals surface area contributed by atoms with Crippen molar-refractivity contribution in [2.24, 2.45) is 12.0 Å². The molecular weight excluding hydrogens is 402 g/mol. The standard InChI is InChI=1S/C23H33N9/c1-4-24-23(26-11-10-25-21-20-15-29-31(3)22(20)28-16-27-21)30-17(2)18-8-7-9-19(14-18)32-12-5-6-13-32/h7-9,14-17H,4-6,10-13H2,1-3H3,(H2,24,26,30)(H,25,27,28). The smallest absolute Gasteiger partial charge is 0.191 e. The molecule has 1 aromatic carbocycles. The van der Waals surface area contributed by atoms with Gasteiger partial charge in [-0.25, -0.2) is 9.97 Å². The lowest BCUT2D eigenvalue weighted by Gasteiger charge is -2.22. The van der Waals surface area contributed by atoms with Crippen LogP contribution >= 0.6 is 0 Å². The van der Waals surface area contributed by atoms with Crippen LogP contribution < -0.4 is 20.9 Å². The van der Waals surface area contributed by atoms with Gasteiger partial charge in [-0.2, -0.15) is 5.10 Å². The van der Waals surface area contributed by atoms with Gasteiger partial charge in [-0.15, -0.1) is 0 Å². The molecule has 32 heavy (non-hydrogen) atoms. The summed E-state index contributed by atoms with van der Waals surface area (Å²) in [5.41, 5.74) is 3.38. The second-order valence-electron chi connectivity index (χ2n) is 8.07. The number of nitrogens with zero attached hydrogens (tertiary/aromatic N) is 6. The summed E-state index contributed by atoms with van der Waals surface area (Å²) in [4.78, 5) is 15.8. The molecule has 0 amide bonds. The molecular formula is C23H33N9. The summed E-state index contributed by atoms with van der Waals surface area (Å²) in [6, 6.07) is 8.98. The average Bonchev–Trinajstić information content (AvgIpc) is 3.48. The molecule has 0 bridgehead atoms. The first kappa shape index (κ1) is 21.9. The van der Waals surface area contributed by atoms with Crippen molar-refractivity contribution in [2.45, 2.75) is 32.7 Å². The molecule has 0 spiro atoms. The van der Waals surface area contributed by atoms with Gasteiger partial charge >= 0.3 is 0 Å². The Balaban J connectivity index is 1.36. The van der Waals surface area contributed by atoms with Crippen LogP contribution in [0.3, 0.4) is 0 Å². The largest absolute Gasteiger partial charge is 0.372 e. The first-order chi connectivity index (χ1) is 15.7. The van der Waals surface area contributed by atoms with Crippen molar-refractivity contribution in [1.29, 1.82) is 0 Å². The number of benzene rings is 1. The maximum Gasteiger partial charge on any atom is 0.191 e. The van der Waals surface area contributed by atoms with Crippen LogP contribution in [0.5, 0.6) is 0 Å². The number of nitrogens with one attached hydrogen (secondary N) is 3. The van der Waals surface area contributed by atoms with E-state index in [9.17, 15) is 0 Å². The Kier molecular flexibility index (Phi) is 7.03. The molecule has 3 aromatic rings. The zero-order chi connectivity index (χ0) is 22.3. The Morgan fingerprint density at radius 2 is 2.06 bits per heavy atom. The van der Waals surface area contributed by atoms with Crippen molar-refractivity contribution in [2.75, 3.05) is 42.9 Å². The van der Waals surface area contributed by atoms with Gasteiger partial charge in [-0.05, 0) is 44.4 Å². The van der Waals surface area contributed by atoms with E-state index in [0.29, 0.717) is 13.1 Å². The maximum atomic E-state index is 4.74.